The summed E-state index contributed by atoms with van der Waals surface area (Å²) in [6.07, 6.45) is -0.314. The van der Waals surface area contributed by atoms with Gasteiger partial charge < -0.3 is 24.2 Å². The predicted molar refractivity (Wildman–Crippen MR) is 81.0 cm³/mol. The summed E-state index contributed by atoms with van der Waals surface area (Å²) in [5.41, 5.74) is 0.843. The Morgan fingerprint density at radius 2 is 1.95 bits per heavy atom. The number of nitrogens with zero attached hydrogens (tertiary/aromatic N) is 1. The number of likely N-dealkylation sites (N-methyl/N-ethyl adjacent to an activating group) is 1. The largest absolute Gasteiger partial charge is 0.486 e. The summed E-state index contributed by atoms with van der Waals surface area (Å²) in [6.45, 7) is 7.18. The SMILES string of the molecule is CC(C)OCCN(C)CC(O)c1ccc2c(c1)OCCO2. The van der Waals surface area contributed by atoms with Gasteiger partial charge in [0, 0.05) is 13.1 Å². The number of hydrogen-bond acceptors (Lipinski definition) is 5. The molecule has 118 valence electrons. The van der Waals surface area contributed by atoms with E-state index in [0.717, 1.165) is 17.9 Å². The summed E-state index contributed by atoms with van der Waals surface area (Å²) in [7, 11) is 1.98. The molecular formula is C16H25NO4. The Hall–Kier alpha value is -1.30. The number of aliphatic hydroxyl groups excluding tert-OH is 1. The Kier molecular flexibility index (Phi) is 5.85. The molecule has 1 heterocycles. The number of fused-ring (bicyclic) bond motifs is 1. The first-order chi connectivity index (χ1) is 10.1. The summed E-state index contributed by atoms with van der Waals surface area (Å²) in [6, 6.07) is 5.60. The summed E-state index contributed by atoms with van der Waals surface area (Å²) in [5.74, 6) is 1.46. The van der Waals surface area contributed by atoms with Crippen molar-refractivity contribution in [2.75, 3.05) is 40.0 Å². The lowest BCUT2D eigenvalue weighted by Gasteiger charge is -2.23. The summed E-state index contributed by atoms with van der Waals surface area (Å²) in [4.78, 5) is 2.06. The maximum atomic E-state index is 10.3. The Morgan fingerprint density at radius 3 is 2.67 bits per heavy atom. The van der Waals surface area contributed by atoms with Crippen LogP contribution in [-0.4, -0.2) is 56.1 Å². The minimum Gasteiger partial charge on any atom is -0.486 e. The fraction of sp³-hybridized carbons (Fsp3) is 0.625. The molecule has 0 spiro atoms. The molecule has 1 aliphatic heterocycles. The normalized spacial score (nSPS) is 15.5. The fourth-order valence-corrected chi connectivity index (χ4v) is 2.20. The molecule has 0 saturated carbocycles. The van der Waals surface area contributed by atoms with Crippen molar-refractivity contribution in [1.29, 1.82) is 0 Å². The van der Waals surface area contributed by atoms with E-state index in [1.807, 2.05) is 39.1 Å². The van der Waals surface area contributed by atoms with Crippen LogP contribution < -0.4 is 9.47 Å². The van der Waals surface area contributed by atoms with Crippen molar-refractivity contribution in [1.82, 2.24) is 4.90 Å². The van der Waals surface area contributed by atoms with E-state index in [1.54, 1.807) is 0 Å². The maximum Gasteiger partial charge on any atom is 0.161 e. The van der Waals surface area contributed by atoms with Gasteiger partial charge in [0.2, 0.25) is 0 Å². The van der Waals surface area contributed by atoms with Crippen molar-refractivity contribution < 1.29 is 19.3 Å². The molecule has 0 saturated heterocycles. The Bertz CT molecular complexity index is 450. The van der Waals surface area contributed by atoms with Crippen molar-refractivity contribution in [2.24, 2.45) is 0 Å². The zero-order valence-electron chi connectivity index (χ0n) is 13.0. The molecule has 21 heavy (non-hydrogen) atoms. The average molecular weight is 295 g/mol. The Balaban J connectivity index is 1.86. The number of aliphatic hydroxyl groups is 1. The fourth-order valence-electron chi connectivity index (χ4n) is 2.20. The van der Waals surface area contributed by atoms with E-state index in [2.05, 4.69) is 4.90 Å². The summed E-state index contributed by atoms with van der Waals surface area (Å²) in [5, 5.41) is 10.3. The molecule has 1 atom stereocenters. The minimum atomic E-state index is -0.551. The van der Waals surface area contributed by atoms with Crippen molar-refractivity contribution >= 4 is 0 Å². The molecule has 1 unspecified atom stereocenters. The molecule has 1 N–H and O–H groups in total. The molecule has 0 bridgehead atoms. The molecule has 1 aromatic rings. The van der Waals surface area contributed by atoms with E-state index in [9.17, 15) is 5.11 Å². The van der Waals surface area contributed by atoms with Crippen LogP contribution in [0.5, 0.6) is 11.5 Å². The Labute approximate surface area is 126 Å². The van der Waals surface area contributed by atoms with Gasteiger partial charge in [0.1, 0.15) is 13.2 Å². The van der Waals surface area contributed by atoms with Crippen LogP contribution in [0.2, 0.25) is 0 Å². The molecule has 1 aliphatic rings. The second-order valence-electron chi connectivity index (χ2n) is 5.60. The lowest BCUT2D eigenvalue weighted by atomic mass is 10.1. The van der Waals surface area contributed by atoms with Gasteiger partial charge in [0.05, 0.1) is 18.8 Å². The van der Waals surface area contributed by atoms with E-state index < -0.39 is 6.10 Å². The molecule has 0 aromatic heterocycles. The van der Waals surface area contributed by atoms with Crippen LogP contribution in [-0.2, 0) is 4.74 Å². The first-order valence-corrected chi connectivity index (χ1v) is 7.44. The zero-order valence-corrected chi connectivity index (χ0v) is 13.0. The van der Waals surface area contributed by atoms with Gasteiger partial charge >= 0.3 is 0 Å². The predicted octanol–water partition coefficient (Wildman–Crippen LogP) is 1.85. The van der Waals surface area contributed by atoms with E-state index in [0.29, 0.717) is 32.1 Å². The summed E-state index contributed by atoms with van der Waals surface area (Å²) >= 11 is 0. The monoisotopic (exact) mass is 295 g/mol. The van der Waals surface area contributed by atoms with Crippen molar-refractivity contribution in [3.8, 4) is 11.5 Å². The lowest BCUT2D eigenvalue weighted by Crippen LogP contribution is -2.29. The van der Waals surface area contributed by atoms with E-state index in [-0.39, 0.29) is 6.10 Å². The zero-order chi connectivity index (χ0) is 15.2. The quantitative estimate of drug-likeness (QED) is 0.832. The number of benzene rings is 1. The molecule has 0 fully saturated rings. The highest BCUT2D eigenvalue weighted by Gasteiger charge is 2.16. The van der Waals surface area contributed by atoms with Gasteiger partial charge in [0.15, 0.2) is 11.5 Å². The third-order valence-electron chi connectivity index (χ3n) is 3.36. The average Bonchev–Trinajstić information content (AvgIpc) is 2.46. The van der Waals surface area contributed by atoms with Crippen LogP contribution in [0.3, 0.4) is 0 Å². The molecule has 0 aliphatic carbocycles. The van der Waals surface area contributed by atoms with Crippen LogP contribution in [0.1, 0.15) is 25.5 Å². The van der Waals surface area contributed by atoms with E-state index in [4.69, 9.17) is 14.2 Å². The van der Waals surface area contributed by atoms with Crippen LogP contribution in [0, 0.1) is 0 Å². The van der Waals surface area contributed by atoms with Crippen molar-refractivity contribution in [3.05, 3.63) is 23.8 Å². The smallest absolute Gasteiger partial charge is 0.161 e. The molecule has 2 rings (SSSR count). The van der Waals surface area contributed by atoms with Crippen LogP contribution >= 0.6 is 0 Å². The molecule has 0 radical (unpaired) electrons. The molecule has 5 heteroatoms. The minimum absolute atomic E-state index is 0.237. The number of rotatable bonds is 7. The summed E-state index contributed by atoms with van der Waals surface area (Å²) < 4.78 is 16.5. The van der Waals surface area contributed by atoms with Gasteiger partial charge in [-0.25, -0.2) is 0 Å². The molecule has 5 nitrogen and oxygen atoms in total. The van der Waals surface area contributed by atoms with Crippen molar-refractivity contribution in [3.63, 3.8) is 0 Å². The Morgan fingerprint density at radius 1 is 1.24 bits per heavy atom. The van der Waals surface area contributed by atoms with E-state index in [1.165, 1.54) is 0 Å². The third kappa shape index (κ3) is 4.88. The third-order valence-corrected chi connectivity index (χ3v) is 3.36. The highest BCUT2D eigenvalue weighted by Crippen LogP contribution is 2.32. The highest BCUT2D eigenvalue weighted by molar-refractivity contribution is 5.44. The first kappa shape index (κ1) is 16.1. The maximum absolute atomic E-state index is 10.3. The number of ether oxygens (including phenoxy) is 3. The van der Waals surface area contributed by atoms with Gasteiger partial charge in [-0.3, -0.25) is 0 Å². The topological polar surface area (TPSA) is 51.2 Å². The van der Waals surface area contributed by atoms with E-state index >= 15 is 0 Å². The molecular weight excluding hydrogens is 270 g/mol. The first-order valence-electron chi connectivity index (χ1n) is 7.44. The van der Waals surface area contributed by atoms with Gasteiger partial charge in [0.25, 0.3) is 0 Å². The van der Waals surface area contributed by atoms with Gasteiger partial charge in [-0.15, -0.1) is 0 Å². The van der Waals surface area contributed by atoms with Crippen LogP contribution in [0.15, 0.2) is 18.2 Å². The lowest BCUT2D eigenvalue weighted by molar-refractivity contribution is 0.0518. The second kappa shape index (κ2) is 7.64. The second-order valence-corrected chi connectivity index (χ2v) is 5.60. The van der Waals surface area contributed by atoms with Crippen LogP contribution in [0.4, 0.5) is 0 Å². The van der Waals surface area contributed by atoms with Gasteiger partial charge in [-0.2, -0.15) is 0 Å². The van der Waals surface area contributed by atoms with Gasteiger partial charge in [-0.1, -0.05) is 6.07 Å². The van der Waals surface area contributed by atoms with Crippen molar-refractivity contribution in [2.45, 2.75) is 26.1 Å². The number of hydrogen-bond donors (Lipinski definition) is 1. The molecule has 1 aromatic carbocycles. The standard InChI is InChI=1S/C16H25NO4/c1-12(2)19-7-6-17(3)11-14(18)13-4-5-15-16(10-13)21-9-8-20-15/h4-5,10,12,14,18H,6-9,11H2,1-3H3. The molecule has 0 amide bonds. The van der Waals surface area contributed by atoms with Gasteiger partial charge in [-0.05, 0) is 38.6 Å². The van der Waals surface area contributed by atoms with Crippen LogP contribution in [0.25, 0.3) is 0 Å². The highest BCUT2D eigenvalue weighted by atomic mass is 16.6.